The molecule has 0 aromatic carbocycles. The van der Waals surface area contributed by atoms with Crippen LogP contribution in [0.4, 0.5) is 5.69 Å². The molecule has 2 saturated heterocycles. The maximum Gasteiger partial charge on any atom is 0.0562 e. The first-order valence-corrected chi connectivity index (χ1v) is 8.44. The highest BCUT2D eigenvalue weighted by molar-refractivity contribution is 5.48. The van der Waals surface area contributed by atoms with Gasteiger partial charge in [-0.1, -0.05) is 13.3 Å². The number of hydrogen-bond acceptors (Lipinski definition) is 4. The number of nitrogens with one attached hydrogen (secondary N) is 1. The summed E-state index contributed by atoms with van der Waals surface area (Å²) < 4.78 is 0. The van der Waals surface area contributed by atoms with Crippen LogP contribution in [0, 0.1) is 0 Å². The maximum atomic E-state index is 4.48. The number of fused-ring (bicyclic) bond motifs is 1. The topological polar surface area (TPSA) is 31.4 Å². The van der Waals surface area contributed by atoms with Crippen molar-refractivity contribution in [3.05, 3.63) is 24.0 Å². The SMILES string of the molecule is CCNCc1cc(N2CC3CCCCN3CC2C)ccn1. The number of piperazine rings is 1. The molecule has 3 rings (SSSR count). The van der Waals surface area contributed by atoms with E-state index in [-0.39, 0.29) is 0 Å². The van der Waals surface area contributed by atoms with Gasteiger partial charge in [0.2, 0.25) is 0 Å². The number of hydrogen-bond donors (Lipinski definition) is 1. The standard InChI is InChI=1S/C17H28N4/c1-3-18-11-15-10-16(7-8-19-15)21-13-17-6-4-5-9-20(17)12-14(21)2/h7-8,10,14,17-18H,3-6,9,11-13H2,1-2H3. The summed E-state index contributed by atoms with van der Waals surface area (Å²) in [4.78, 5) is 9.77. The number of anilines is 1. The van der Waals surface area contributed by atoms with Gasteiger partial charge in [-0.15, -0.1) is 0 Å². The summed E-state index contributed by atoms with van der Waals surface area (Å²) >= 11 is 0. The lowest BCUT2D eigenvalue weighted by atomic mass is 9.96. The first kappa shape index (κ1) is 14.8. The second kappa shape index (κ2) is 6.75. The third kappa shape index (κ3) is 3.38. The largest absolute Gasteiger partial charge is 0.366 e. The van der Waals surface area contributed by atoms with E-state index in [0.717, 1.165) is 24.8 Å². The molecule has 4 nitrogen and oxygen atoms in total. The van der Waals surface area contributed by atoms with Crippen LogP contribution in [-0.4, -0.2) is 48.1 Å². The maximum absolute atomic E-state index is 4.48. The van der Waals surface area contributed by atoms with Gasteiger partial charge in [-0.25, -0.2) is 0 Å². The lowest BCUT2D eigenvalue weighted by molar-refractivity contribution is 0.115. The van der Waals surface area contributed by atoms with Crippen molar-refractivity contribution in [2.24, 2.45) is 0 Å². The number of nitrogens with zero attached hydrogens (tertiary/aromatic N) is 3. The van der Waals surface area contributed by atoms with E-state index in [1.54, 1.807) is 0 Å². The number of aromatic nitrogens is 1. The number of rotatable bonds is 4. The summed E-state index contributed by atoms with van der Waals surface area (Å²) in [6.45, 7) is 10.0. The molecule has 0 aliphatic carbocycles. The molecule has 0 spiro atoms. The average Bonchev–Trinajstić information content (AvgIpc) is 2.52. The Morgan fingerprint density at radius 3 is 3.10 bits per heavy atom. The molecule has 0 amide bonds. The molecule has 1 N–H and O–H groups in total. The first-order valence-electron chi connectivity index (χ1n) is 8.44. The van der Waals surface area contributed by atoms with Gasteiger partial charge in [0.1, 0.15) is 0 Å². The Hall–Kier alpha value is -1.13. The van der Waals surface area contributed by atoms with Crippen molar-refractivity contribution >= 4 is 5.69 Å². The Morgan fingerprint density at radius 1 is 1.33 bits per heavy atom. The summed E-state index contributed by atoms with van der Waals surface area (Å²) in [5, 5.41) is 3.36. The normalized spacial score (nSPS) is 26.7. The van der Waals surface area contributed by atoms with Gasteiger partial charge < -0.3 is 10.2 Å². The molecule has 0 radical (unpaired) electrons. The van der Waals surface area contributed by atoms with Crippen LogP contribution in [-0.2, 0) is 6.54 Å². The Bertz CT molecular complexity index is 462. The fraction of sp³-hybridized carbons (Fsp3) is 0.706. The van der Waals surface area contributed by atoms with Crippen LogP contribution in [0.25, 0.3) is 0 Å². The zero-order valence-electron chi connectivity index (χ0n) is 13.4. The quantitative estimate of drug-likeness (QED) is 0.921. The van der Waals surface area contributed by atoms with E-state index in [2.05, 4.69) is 46.1 Å². The molecule has 3 heterocycles. The Kier molecular flexibility index (Phi) is 4.76. The molecule has 1 aromatic rings. The predicted molar refractivity (Wildman–Crippen MR) is 87.6 cm³/mol. The van der Waals surface area contributed by atoms with E-state index in [9.17, 15) is 0 Å². The Labute approximate surface area is 128 Å². The molecular formula is C17H28N4. The molecule has 0 saturated carbocycles. The lowest BCUT2D eigenvalue weighted by Crippen LogP contribution is -2.58. The summed E-state index contributed by atoms with van der Waals surface area (Å²) in [6.07, 6.45) is 6.09. The lowest BCUT2D eigenvalue weighted by Gasteiger charge is -2.48. The zero-order valence-corrected chi connectivity index (χ0v) is 13.4. The van der Waals surface area contributed by atoms with Gasteiger partial charge in [-0.05, 0) is 45.0 Å². The van der Waals surface area contributed by atoms with Gasteiger partial charge in [-0.2, -0.15) is 0 Å². The molecule has 1 aromatic heterocycles. The zero-order chi connectivity index (χ0) is 14.7. The van der Waals surface area contributed by atoms with E-state index in [4.69, 9.17) is 0 Å². The Balaban J connectivity index is 1.73. The molecule has 2 aliphatic rings. The van der Waals surface area contributed by atoms with E-state index in [1.165, 1.54) is 44.6 Å². The smallest absolute Gasteiger partial charge is 0.0562 e. The van der Waals surface area contributed by atoms with Crippen LogP contribution in [0.3, 0.4) is 0 Å². The van der Waals surface area contributed by atoms with Crippen LogP contribution in [0.2, 0.25) is 0 Å². The third-order valence-corrected chi connectivity index (χ3v) is 4.88. The van der Waals surface area contributed by atoms with Crippen LogP contribution >= 0.6 is 0 Å². The van der Waals surface area contributed by atoms with Gasteiger partial charge in [0, 0.05) is 43.6 Å². The fourth-order valence-electron chi connectivity index (χ4n) is 3.71. The Morgan fingerprint density at radius 2 is 2.24 bits per heavy atom. The summed E-state index contributed by atoms with van der Waals surface area (Å²) in [7, 11) is 0. The predicted octanol–water partition coefficient (Wildman–Crippen LogP) is 2.25. The number of pyridine rings is 1. The first-order chi connectivity index (χ1) is 10.3. The molecule has 4 heteroatoms. The molecular weight excluding hydrogens is 260 g/mol. The van der Waals surface area contributed by atoms with Crippen molar-refractivity contribution in [3.8, 4) is 0 Å². The monoisotopic (exact) mass is 288 g/mol. The molecule has 2 aliphatic heterocycles. The van der Waals surface area contributed by atoms with E-state index in [0.29, 0.717) is 6.04 Å². The van der Waals surface area contributed by atoms with Gasteiger partial charge in [0.25, 0.3) is 0 Å². The van der Waals surface area contributed by atoms with E-state index in [1.807, 2.05) is 6.20 Å². The fourth-order valence-corrected chi connectivity index (χ4v) is 3.71. The van der Waals surface area contributed by atoms with Gasteiger partial charge >= 0.3 is 0 Å². The highest BCUT2D eigenvalue weighted by Gasteiger charge is 2.32. The van der Waals surface area contributed by atoms with Gasteiger partial charge in [0.05, 0.1) is 5.69 Å². The van der Waals surface area contributed by atoms with Crippen molar-refractivity contribution in [3.63, 3.8) is 0 Å². The molecule has 2 unspecified atom stereocenters. The molecule has 116 valence electrons. The molecule has 2 atom stereocenters. The minimum Gasteiger partial charge on any atom is -0.366 e. The van der Waals surface area contributed by atoms with Crippen LogP contribution in [0.1, 0.15) is 38.8 Å². The van der Waals surface area contributed by atoms with Crippen molar-refractivity contribution in [2.75, 3.05) is 31.1 Å². The van der Waals surface area contributed by atoms with Crippen molar-refractivity contribution < 1.29 is 0 Å². The number of piperidine rings is 1. The van der Waals surface area contributed by atoms with Gasteiger partial charge in [0.15, 0.2) is 0 Å². The van der Waals surface area contributed by atoms with Crippen molar-refractivity contribution in [2.45, 2.75) is 51.7 Å². The van der Waals surface area contributed by atoms with E-state index >= 15 is 0 Å². The highest BCUT2D eigenvalue weighted by atomic mass is 15.3. The van der Waals surface area contributed by atoms with Crippen LogP contribution in [0.15, 0.2) is 18.3 Å². The minimum atomic E-state index is 0.591. The molecule has 21 heavy (non-hydrogen) atoms. The van der Waals surface area contributed by atoms with Crippen LogP contribution < -0.4 is 10.2 Å². The molecule has 2 fully saturated rings. The van der Waals surface area contributed by atoms with Crippen molar-refractivity contribution in [1.82, 2.24) is 15.2 Å². The average molecular weight is 288 g/mol. The second-order valence-electron chi connectivity index (χ2n) is 6.43. The summed E-state index contributed by atoms with van der Waals surface area (Å²) in [5.74, 6) is 0. The van der Waals surface area contributed by atoms with E-state index < -0.39 is 0 Å². The third-order valence-electron chi connectivity index (χ3n) is 4.88. The molecule has 0 bridgehead atoms. The second-order valence-corrected chi connectivity index (χ2v) is 6.43. The van der Waals surface area contributed by atoms with Crippen LogP contribution in [0.5, 0.6) is 0 Å². The summed E-state index contributed by atoms with van der Waals surface area (Å²) in [5.41, 5.74) is 2.49. The summed E-state index contributed by atoms with van der Waals surface area (Å²) in [6, 6.07) is 5.77. The van der Waals surface area contributed by atoms with Crippen molar-refractivity contribution in [1.29, 1.82) is 0 Å². The minimum absolute atomic E-state index is 0.591. The highest BCUT2D eigenvalue weighted by Crippen LogP contribution is 2.28. The van der Waals surface area contributed by atoms with Gasteiger partial charge in [-0.3, -0.25) is 9.88 Å².